The van der Waals surface area contributed by atoms with Crippen LogP contribution in [0.2, 0.25) is 0 Å². The minimum atomic E-state index is -0.138. The van der Waals surface area contributed by atoms with Crippen LogP contribution in [-0.2, 0) is 4.74 Å². The number of carbonyl (C=O) groups excluding carboxylic acids is 2. The number of nitrogens with zero attached hydrogens (tertiary/aromatic N) is 3. The molecule has 1 unspecified atom stereocenters. The predicted molar refractivity (Wildman–Crippen MR) is 107 cm³/mol. The number of ether oxygens (including phenoxy) is 1. The highest BCUT2D eigenvalue weighted by molar-refractivity contribution is 5.74. The summed E-state index contributed by atoms with van der Waals surface area (Å²) in [6.07, 6.45) is 8.15. The second-order valence-corrected chi connectivity index (χ2v) is 9.26. The molecule has 3 amide bonds. The molecule has 0 bridgehead atoms. The van der Waals surface area contributed by atoms with Crippen molar-refractivity contribution < 1.29 is 14.3 Å². The van der Waals surface area contributed by atoms with E-state index in [9.17, 15) is 9.59 Å². The van der Waals surface area contributed by atoms with Crippen molar-refractivity contribution in [2.75, 3.05) is 46.4 Å². The topological polar surface area (TPSA) is 65.1 Å². The van der Waals surface area contributed by atoms with Gasteiger partial charge in [-0.25, -0.2) is 9.59 Å². The summed E-state index contributed by atoms with van der Waals surface area (Å²) < 4.78 is 5.17. The van der Waals surface area contributed by atoms with Gasteiger partial charge in [-0.15, -0.1) is 0 Å². The largest absolute Gasteiger partial charge is 0.450 e. The maximum absolute atomic E-state index is 12.1. The molecule has 7 heteroatoms. The third kappa shape index (κ3) is 3.70. The SMILES string of the molecule is CCOC(=O)N1CCC2(CC(N3CCC(C4CCCN4C(=O)NC)CC3)C2)C1. The number of rotatable bonds is 3. The van der Waals surface area contributed by atoms with Crippen LogP contribution in [0.1, 0.15) is 51.9 Å². The number of amides is 3. The van der Waals surface area contributed by atoms with E-state index in [1.807, 2.05) is 11.8 Å². The van der Waals surface area contributed by atoms with Gasteiger partial charge in [-0.2, -0.15) is 0 Å². The number of carbonyl (C=O) groups is 2. The standard InChI is InChI=1S/C21H36N4O3/c1-3-28-20(27)24-12-8-21(15-24)13-17(14-21)23-10-6-16(7-11-23)18-5-4-9-25(18)19(26)22-2/h16-18H,3-15H2,1-2H3,(H,22,26). The molecule has 0 aromatic rings. The van der Waals surface area contributed by atoms with Crippen molar-refractivity contribution in [1.82, 2.24) is 20.0 Å². The molecule has 3 heterocycles. The van der Waals surface area contributed by atoms with Crippen LogP contribution < -0.4 is 5.32 Å². The summed E-state index contributed by atoms with van der Waals surface area (Å²) in [7, 11) is 1.73. The predicted octanol–water partition coefficient (Wildman–Crippen LogP) is 2.51. The molecule has 4 fully saturated rings. The van der Waals surface area contributed by atoms with Gasteiger partial charge >= 0.3 is 12.1 Å². The molecule has 1 aliphatic carbocycles. The van der Waals surface area contributed by atoms with Crippen LogP contribution in [0, 0.1) is 11.3 Å². The molecule has 1 atom stereocenters. The van der Waals surface area contributed by atoms with Crippen molar-refractivity contribution >= 4 is 12.1 Å². The van der Waals surface area contributed by atoms with Crippen LogP contribution in [0.4, 0.5) is 9.59 Å². The van der Waals surface area contributed by atoms with Crippen molar-refractivity contribution in [2.24, 2.45) is 11.3 Å². The first-order chi connectivity index (χ1) is 13.5. The molecule has 1 saturated carbocycles. The summed E-state index contributed by atoms with van der Waals surface area (Å²) in [5, 5.41) is 2.81. The average molecular weight is 393 g/mol. The molecule has 7 nitrogen and oxygen atoms in total. The zero-order valence-corrected chi connectivity index (χ0v) is 17.5. The fraction of sp³-hybridized carbons (Fsp3) is 0.905. The summed E-state index contributed by atoms with van der Waals surface area (Å²) in [5.74, 6) is 0.649. The highest BCUT2D eigenvalue weighted by Crippen LogP contribution is 2.51. The Hall–Kier alpha value is -1.50. The molecule has 4 rings (SSSR count). The molecule has 3 saturated heterocycles. The maximum Gasteiger partial charge on any atom is 0.409 e. The molecule has 28 heavy (non-hydrogen) atoms. The fourth-order valence-electron chi connectivity index (χ4n) is 6.18. The molecule has 0 radical (unpaired) electrons. The van der Waals surface area contributed by atoms with Crippen molar-refractivity contribution in [3.8, 4) is 0 Å². The first-order valence-corrected chi connectivity index (χ1v) is 11.2. The summed E-state index contributed by atoms with van der Waals surface area (Å²) in [4.78, 5) is 30.7. The van der Waals surface area contributed by atoms with E-state index in [0.717, 1.165) is 52.0 Å². The molecule has 1 spiro atoms. The van der Waals surface area contributed by atoms with Crippen LogP contribution in [0.5, 0.6) is 0 Å². The van der Waals surface area contributed by atoms with E-state index in [1.54, 1.807) is 7.05 Å². The first-order valence-electron chi connectivity index (χ1n) is 11.2. The van der Waals surface area contributed by atoms with E-state index in [-0.39, 0.29) is 12.1 Å². The molecule has 0 aromatic carbocycles. The van der Waals surface area contributed by atoms with Crippen LogP contribution in [-0.4, -0.2) is 85.3 Å². The highest BCUT2D eigenvalue weighted by Gasteiger charge is 2.51. The summed E-state index contributed by atoms with van der Waals surface area (Å²) in [6, 6.07) is 1.21. The molecule has 1 N–H and O–H groups in total. The van der Waals surface area contributed by atoms with Crippen LogP contribution >= 0.6 is 0 Å². The van der Waals surface area contributed by atoms with E-state index in [1.165, 1.54) is 25.7 Å². The Kier molecular flexibility index (Phi) is 5.72. The zero-order chi connectivity index (χ0) is 19.7. The van der Waals surface area contributed by atoms with Crippen LogP contribution in [0.15, 0.2) is 0 Å². The third-order valence-electron chi connectivity index (χ3n) is 7.71. The second kappa shape index (κ2) is 8.09. The molecular weight excluding hydrogens is 356 g/mol. The molecular formula is C21H36N4O3. The Morgan fingerprint density at radius 3 is 2.54 bits per heavy atom. The Morgan fingerprint density at radius 1 is 1.11 bits per heavy atom. The quantitative estimate of drug-likeness (QED) is 0.802. The normalized spacial score (nSPS) is 33.9. The van der Waals surface area contributed by atoms with E-state index in [0.29, 0.717) is 30.0 Å². The van der Waals surface area contributed by atoms with Gasteiger partial charge in [0.2, 0.25) is 0 Å². The number of nitrogens with one attached hydrogen (secondary N) is 1. The number of hydrogen-bond acceptors (Lipinski definition) is 4. The number of likely N-dealkylation sites (tertiary alicyclic amines) is 3. The molecule has 0 aromatic heterocycles. The van der Waals surface area contributed by atoms with Crippen LogP contribution in [0.3, 0.4) is 0 Å². The lowest BCUT2D eigenvalue weighted by atomic mass is 9.64. The Labute approximate surface area is 168 Å². The van der Waals surface area contributed by atoms with E-state index in [4.69, 9.17) is 4.74 Å². The van der Waals surface area contributed by atoms with E-state index >= 15 is 0 Å². The Balaban J connectivity index is 1.23. The summed E-state index contributed by atoms with van der Waals surface area (Å²) in [5.41, 5.74) is 0.343. The minimum Gasteiger partial charge on any atom is -0.450 e. The number of piperidine rings is 1. The van der Waals surface area contributed by atoms with Gasteiger partial charge in [0, 0.05) is 38.8 Å². The van der Waals surface area contributed by atoms with Crippen molar-refractivity contribution in [3.05, 3.63) is 0 Å². The van der Waals surface area contributed by atoms with Gasteiger partial charge in [-0.3, -0.25) is 0 Å². The van der Waals surface area contributed by atoms with E-state index < -0.39 is 0 Å². The first kappa shape index (κ1) is 19.8. The summed E-state index contributed by atoms with van der Waals surface area (Å²) >= 11 is 0. The van der Waals surface area contributed by atoms with Crippen molar-refractivity contribution in [1.29, 1.82) is 0 Å². The Morgan fingerprint density at radius 2 is 1.86 bits per heavy atom. The lowest BCUT2D eigenvalue weighted by molar-refractivity contribution is -0.0144. The van der Waals surface area contributed by atoms with Gasteiger partial charge in [0.1, 0.15) is 0 Å². The van der Waals surface area contributed by atoms with Crippen molar-refractivity contribution in [3.63, 3.8) is 0 Å². The Bertz CT molecular complexity index is 584. The number of hydrogen-bond donors (Lipinski definition) is 1. The van der Waals surface area contributed by atoms with Gasteiger partial charge in [0.15, 0.2) is 0 Å². The zero-order valence-electron chi connectivity index (χ0n) is 17.5. The molecule has 4 aliphatic rings. The third-order valence-corrected chi connectivity index (χ3v) is 7.71. The summed E-state index contributed by atoms with van der Waals surface area (Å²) in [6.45, 7) is 7.28. The maximum atomic E-state index is 12.1. The smallest absolute Gasteiger partial charge is 0.409 e. The van der Waals surface area contributed by atoms with Gasteiger partial charge < -0.3 is 24.8 Å². The fourth-order valence-corrected chi connectivity index (χ4v) is 6.18. The van der Waals surface area contributed by atoms with Gasteiger partial charge in [0.25, 0.3) is 0 Å². The monoisotopic (exact) mass is 392 g/mol. The lowest BCUT2D eigenvalue weighted by Crippen LogP contribution is -2.55. The minimum absolute atomic E-state index is 0.0956. The number of urea groups is 1. The van der Waals surface area contributed by atoms with Gasteiger partial charge in [-0.1, -0.05) is 0 Å². The lowest BCUT2D eigenvalue weighted by Gasteiger charge is -2.52. The average Bonchev–Trinajstić information content (AvgIpc) is 3.34. The van der Waals surface area contributed by atoms with Gasteiger partial charge in [-0.05, 0) is 76.3 Å². The molecule has 158 valence electrons. The molecule has 3 aliphatic heterocycles. The highest BCUT2D eigenvalue weighted by atomic mass is 16.6. The second-order valence-electron chi connectivity index (χ2n) is 9.26. The van der Waals surface area contributed by atoms with Crippen LogP contribution in [0.25, 0.3) is 0 Å². The van der Waals surface area contributed by atoms with E-state index in [2.05, 4.69) is 15.1 Å². The van der Waals surface area contributed by atoms with Gasteiger partial charge in [0.05, 0.1) is 6.61 Å². The van der Waals surface area contributed by atoms with Crippen molar-refractivity contribution in [2.45, 2.75) is 64.0 Å².